The molecule has 3 fully saturated rings. The molecular formula is C14H29Cl2N3. The van der Waals surface area contributed by atoms with Crippen molar-refractivity contribution in [3.05, 3.63) is 0 Å². The lowest BCUT2D eigenvalue weighted by Gasteiger charge is -2.30. The summed E-state index contributed by atoms with van der Waals surface area (Å²) in [6.45, 7) is 8.70. The highest BCUT2D eigenvalue weighted by molar-refractivity contribution is 5.85. The number of nitrogens with zero attached hydrogens (tertiary/aromatic N) is 1. The second-order valence-electron chi connectivity index (χ2n) is 6.95. The number of halogens is 2. The minimum atomic E-state index is 0. The van der Waals surface area contributed by atoms with Crippen LogP contribution in [0.5, 0.6) is 0 Å². The van der Waals surface area contributed by atoms with Crippen molar-refractivity contribution < 1.29 is 0 Å². The fraction of sp³-hybridized carbons (Fsp3) is 1.00. The van der Waals surface area contributed by atoms with Crippen LogP contribution >= 0.6 is 24.8 Å². The summed E-state index contributed by atoms with van der Waals surface area (Å²) < 4.78 is 0. The maximum Gasteiger partial charge on any atom is 0.00825 e. The van der Waals surface area contributed by atoms with Crippen molar-refractivity contribution in [2.75, 3.05) is 32.7 Å². The maximum absolute atomic E-state index is 6.28. The zero-order chi connectivity index (χ0) is 11.9. The predicted molar refractivity (Wildman–Crippen MR) is 85.3 cm³/mol. The van der Waals surface area contributed by atoms with Gasteiger partial charge in [-0.15, -0.1) is 24.8 Å². The zero-order valence-electron chi connectivity index (χ0n) is 11.9. The van der Waals surface area contributed by atoms with Crippen molar-refractivity contribution in [1.82, 2.24) is 10.2 Å². The van der Waals surface area contributed by atoms with Crippen molar-refractivity contribution in [2.45, 2.75) is 38.6 Å². The van der Waals surface area contributed by atoms with Gasteiger partial charge in [-0.25, -0.2) is 0 Å². The average Bonchev–Trinajstić information content (AvgIpc) is 2.86. The molecule has 0 spiro atoms. The second-order valence-corrected chi connectivity index (χ2v) is 6.95. The molecule has 114 valence electrons. The first-order valence-corrected chi connectivity index (χ1v) is 7.35. The van der Waals surface area contributed by atoms with Gasteiger partial charge in [0.05, 0.1) is 0 Å². The summed E-state index contributed by atoms with van der Waals surface area (Å²) in [5.41, 5.74) is 6.80. The average molecular weight is 310 g/mol. The molecule has 4 unspecified atom stereocenters. The van der Waals surface area contributed by atoms with Gasteiger partial charge in [-0.05, 0) is 43.1 Å². The fourth-order valence-electron chi connectivity index (χ4n) is 4.28. The van der Waals surface area contributed by atoms with E-state index < -0.39 is 0 Å². The SMILES string of the molecule is CC1(CN2CC3CCCC(N)C3C2)CCNC1.Cl.Cl. The number of rotatable bonds is 2. The molecule has 0 aromatic carbocycles. The molecule has 3 rings (SSSR count). The molecule has 0 radical (unpaired) electrons. The van der Waals surface area contributed by atoms with E-state index in [1.165, 1.54) is 58.4 Å². The lowest BCUT2D eigenvalue weighted by atomic mass is 9.78. The normalized spacial score (nSPS) is 42.3. The summed E-state index contributed by atoms with van der Waals surface area (Å²) in [6.07, 6.45) is 5.37. The molecule has 2 aliphatic heterocycles. The Morgan fingerprint density at radius 1 is 1.26 bits per heavy atom. The molecule has 0 aromatic heterocycles. The predicted octanol–water partition coefficient (Wildman–Crippen LogP) is 1.89. The van der Waals surface area contributed by atoms with Crippen LogP contribution in [-0.4, -0.2) is 43.7 Å². The highest BCUT2D eigenvalue weighted by Gasteiger charge is 2.41. The van der Waals surface area contributed by atoms with Crippen LogP contribution in [0.3, 0.4) is 0 Å². The summed E-state index contributed by atoms with van der Waals surface area (Å²) in [4.78, 5) is 2.70. The van der Waals surface area contributed by atoms with E-state index in [9.17, 15) is 0 Å². The van der Waals surface area contributed by atoms with Gasteiger partial charge in [-0.3, -0.25) is 0 Å². The molecule has 19 heavy (non-hydrogen) atoms. The van der Waals surface area contributed by atoms with Gasteiger partial charge in [-0.1, -0.05) is 13.3 Å². The zero-order valence-corrected chi connectivity index (χ0v) is 13.6. The van der Waals surface area contributed by atoms with Gasteiger partial charge < -0.3 is 16.0 Å². The third-order valence-electron chi connectivity index (χ3n) is 5.29. The minimum Gasteiger partial charge on any atom is -0.327 e. The van der Waals surface area contributed by atoms with Gasteiger partial charge in [0, 0.05) is 32.2 Å². The highest BCUT2D eigenvalue weighted by Crippen LogP contribution is 2.37. The third-order valence-corrected chi connectivity index (χ3v) is 5.29. The van der Waals surface area contributed by atoms with Crippen molar-refractivity contribution in [2.24, 2.45) is 23.0 Å². The summed E-state index contributed by atoms with van der Waals surface area (Å²) in [5.74, 6) is 1.69. The molecule has 3 aliphatic rings. The molecule has 0 amide bonds. The van der Waals surface area contributed by atoms with Crippen molar-refractivity contribution in [3.8, 4) is 0 Å². The largest absolute Gasteiger partial charge is 0.327 e. The first-order valence-electron chi connectivity index (χ1n) is 7.35. The molecule has 3 N–H and O–H groups in total. The third kappa shape index (κ3) is 3.76. The van der Waals surface area contributed by atoms with Gasteiger partial charge >= 0.3 is 0 Å². The van der Waals surface area contributed by atoms with Gasteiger partial charge in [-0.2, -0.15) is 0 Å². The fourth-order valence-corrected chi connectivity index (χ4v) is 4.28. The van der Waals surface area contributed by atoms with Gasteiger partial charge in [0.15, 0.2) is 0 Å². The first-order chi connectivity index (χ1) is 8.16. The Balaban J connectivity index is 0.000000902. The van der Waals surface area contributed by atoms with Crippen molar-refractivity contribution >= 4 is 24.8 Å². The van der Waals surface area contributed by atoms with Crippen LogP contribution in [0, 0.1) is 17.3 Å². The molecular weight excluding hydrogens is 281 g/mol. The molecule has 5 heteroatoms. The van der Waals surface area contributed by atoms with E-state index >= 15 is 0 Å². The number of nitrogens with two attached hydrogens (primary N) is 1. The second kappa shape index (κ2) is 6.95. The van der Waals surface area contributed by atoms with E-state index in [4.69, 9.17) is 5.73 Å². The Hall–Kier alpha value is 0.460. The summed E-state index contributed by atoms with van der Waals surface area (Å²) in [7, 11) is 0. The molecule has 1 aliphatic carbocycles. The smallest absolute Gasteiger partial charge is 0.00825 e. The molecule has 2 heterocycles. The number of hydrogen-bond acceptors (Lipinski definition) is 3. The van der Waals surface area contributed by atoms with E-state index in [-0.39, 0.29) is 24.8 Å². The molecule has 0 bridgehead atoms. The van der Waals surface area contributed by atoms with Crippen molar-refractivity contribution in [1.29, 1.82) is 0 Å². The van der Waals surface area contributed by atoms with Gasteiger partial charge in [0.2, 0.25) is 0 Å². The van der Waals surface area contributed by atoms with Gasteiger partial charge in [0.25, 0.3) is 0 Å². The van der Waals surface area contributed by atoms with Crippen LogP contribution in [0.15, 0.2) is 0 Å². The standard InChI is InChI=1S/C14H27N3.2ClH/c1-14(5-6-16-9-14)10-17-7-11-3-2-4-13(15)12(11)8-17;;/h11-13,16H,2-10,15H2,1H3;2*1H. The van der Waals surface area contributed by atoms with E-state index in [0.29, 0.717) is 11.5 Å². The van der Waals surface area contributed by atoms with Crippen molar-refractivity contribution in [3.63, 3.8) is 0 Å². The Labute approximate surface area is 129 Å². The number of hydrogen-bond donors (Lipinski definition) is 2. The minimum absolute atomic E-state index is 0. The quantitative estimate of drug-likeness (QED) is 0.818. The number of fused-ring (bicyclic) bond motifs is 1. The van der Waals surface area contributed by atoms with Gasteiger partial charge in [0.1, 0.15) is 0 Å². The monoisotopic (exact) mass is 309 g/mol. The van der Waals surface area contributed by atoms with Crippen LogP contribution in [0.2, 0.25) is 0 Å². The Kier molecular flexibility index (Phi) is 6.40. The first kappa shape index (κ1) is 17.5. The van der Waals surface area contributed by atoms with E-state index in [1.54, 1.807) is 0 Å². The topological polar surface area (TPSA) is 41.3 Å². The van der Waals surface area contributed by atoms with E-state index in [1.807, 2.05) is 0 Å². The molecule has 4 atom stereocenters. The highest BCUT2D eigenvalue weighted by atomic mass is 35.5. The lowest BCUT2D eigenvalue weighted by Crippen LogP contribution is -2.39. The van der Waals surface area contributed by atoms with Crippen LogP contribution in [-0.2, 0) is 0 Å². The molecule has 3 nitrogen and oxygen atoms in total. The van der Waals surface area contributed by atoms with Crippen LogP contribution in [0.4, 0.5) is 0 Å². The Bertz CT molecular complexity index is 282. The van der Waals surface area contributed by atoms with Crippen LogP contribution in [0.25, 0.3) is 0 Å². The van der Waals surface area contributed by atoms with E-state index in [0.717, 1.165) is 11.8 Å². The summed E-state index contributed by atoms with van der Waals surface area (Å²) >= 11 is 0. The molecule has 0 aromatic rings. The molecule has 1 saturated carbocycles. The summed E-state index contributed by atoms with van der Waals surface area (Å²) in [5, 5.41) is 3.51. The lowest BCUT2D eigenvalue weighted by molar-refractivity contribution is 0.200. The number of nitrogens with one attached hydrogen (secondary N) is 1. The molecule has 2 saturated heterocycles. The van der Waals surface area contributed by atoms with Crippen LogP contribution < -0.4 is 11.1 Å². The Morgan fingerprint density at radius 2 is 2.05 bits per heavy atom. The Morgan fingerprint density at radius 3 is 2.68 bits per heavy atom. The summed E-state index contributed by atoms with van der Waals surface area (Å²) in [6, 6.07) is 0.480. The van der Waals surface area contributed by atoms with E-state index in [2.05, 4.69) is 17.1 Å². The number of likely N-dealkylation sites (tertiary alicyclic amines) is 1. The maximum atomic E-state index is 6.28. The van der Waals surface area contributed by atoms with Crippen LogP contribution in [0.1, 0.15) is 32.6 Å².